The maximum absolute atomic E-state index is 12.9. The third-order valence-electron chi connectivity index (χ3n) is 6.24. The van der Waals surface area contributed by atoms with Gasteiger partial charge in [0.1, 0.15) is 0 Å². The molecule has 2 aliphatic rings. The predicted octanol–water partition coefficient (Wildman–Crippen LogP) is 2.50. The molecule has 7 heteroatoms. The van der Waals surface area contributed by atoms with Crippen molar-refractivity contribution in [2.45, 2.75) is 25.8 Å². The van der Waals surface area contributed by atoms with Gasteiger partial charge in [-0.1, -0.05) is 35.9 Å². The fraction of sp³-hybridized carbons (Fsp3) is 0.500. The van der Waals surface area contributed by atoms with E-state index in [9.17, 15) is 9.59 Å². The van der Waals surface area contributed by atoms with Crippen LogP contribution in [0.4, 0.5) is 0 Å². The van der Waals surface area contributed by atoms with Gasteiger partial charge in [-0.25, -0.2) is 0 Å². The first kappa shape index (κ1) is 22.0. The second-order valence-electron chi connectivity index (χ2n) is 8.48. The Morgan fingerprint density at radius 3 is 2.26 bits per heavy atom. The fourth-order valence-electron chi connectivity index (χ4n) is 4.31. The number of likely N-dealkylation sites (tertiary alicyclic amines) is 1. The van der Waals surface area contributed by atoms with Crippen molar-refractivity contribution in [2.75, 3.05) is 52.4 Å². The van der Waals surface area contributed by atoms with E-state index >= 15 is 0 Å². The Bertz CT molecular complexity index is 854. The van der Waals surface area contributed by atoms with Crippen molar-refractivity contribution in [3.05, 3.63) is 57.8 Å². The zero-order valence-electron chi connectivity index (χ0n) is 18.3. The number of amides is 2. The molecule has 0 radical (unpaired) electrons. The van der Waals surface area contributed by atoms with Gasteiger partial charge in [0, 0.05) is 44.1 Å². The minimum Gasteiger partial charge on any atom is -0.342 e. The number of thiophene rings is 1. The third kappa shape index (κ3) is 5.73. The lowest BCUT2D eigenvalue weighted by atomic mass is 10.0. The summed E-state index contributed by atoms with van der Waals surface area (Å²) in [6.45, 7) is 7.56. The average molecular weight is 441 g/mol. The summed E-state index contributed by atoms with van der Waals surface area (Å²) in [6, 6.07) is 12.7. The van der Waals surface area contributed by atoms with Crippen molar-refractivity contribution in [3.8, 4) is 0 Å². The van der Waals surface area contributed by atoms with Crippen LogP contribution in [0.2, 0.25) is 0 Å². The highest BCUT2D eigenvalue weighted by Gasteiger charge is 2.26. The van der Waals surface area contributed by atoms with E-state index in [0.29, 0.717) is 26.2 Å². The number of carbonyl (C=O) groups is 2. The van der Waals surface area contributed by atoms with Gasteiger partial charge in [-0.3, -0.25) is 19.8 Å². The highest BCUT2D eigenvalue weighted by atomic mass is 32.1. The van der Waals surface area contributed by atoms with Gasteiger partial charge < -0.3 is 9.80 Å². The standard InChI is InChI=1S/C24H32N4O2S/c1-19-6-8-20(9-7-19)24(21-5-4-16-31-21)25-17-22(29)28-14-12-26(13-15-28)18-23(30)27-10-2-3-11-27/h4-9,16,24-25H,2-3,10-15,17-18H2,1H3/t24-/m1/s1. The lowest BCUT2D eigenvalue weighted by Gasteiger charge is -2.35. The zero-order valence-corrected chi connectivity index (χ0v) is 19.1. The molecular weight excluding hydrogens is 408 g/mol. The Kier molecular flexibility index (Phi) is 7.37. The normalized spacial score (nSPS) is 18.4. The molecule has 166 valence electrons. The van der Waals surface area contributed by atoms with Crippen LogP contribution < -0.4 is 5.32 Å². The van der Waals surface area contributed by atoms with Gasteiger partial charge in [-0.05, 0) is 36.8 Å². The molecule has 2 aliphatic heterocycles. The summed E-state index contributed by atoms with van der Waals surface area (Å²) in [5.41, 5.74) is 2.40. The Balaban J connectivity index is 1.28. The van der Waals surface area contributed by atoms with Crippen LogP contribution in [0.3, 0.4) is 0 Å². The molecule has 31 heavy (non-hydrogen) atoms. The molecule has 1 aromatic heterocycles. The van der Waals surface area contributed by atoms with E-state index in [1.807, 2.05) is 15.9 Å². The first-order valence-corrected chi connectivity index (χ1v) is 12.1. The van der Waals surface area contributed by atoms with Crippen LogP contribution >= 0.6 is 11.3 Å². The van der Waals surface area contributed by atoms with Crippen molar-refractivity contribution in [2.24, 2.45) is 0 Å². The molecule has 2 aromatic rings. The van der Waals surface area contributed by atoms with Crippen LogP contribution in [0.1, 0.15) is 34.9 Å². The zero-order chi connectivity index (χ0) is 21.6. The van der Waals surface area contributed by atoms with Crippen molar-refractivity contribution < 1.29 is 9.59 Å². The summed E-state index contributed by atoms with van der Waals surface area (Å²) in [4.78, 5) is 32.5. The number of hydrogen-bond acceptors (Lipinski definition) is 5. The van der Waals surface area contributed by atoms with Crippen LogP contribution in [-0.2, 0) is 9.59 Å². The molecule has 0 spiro atoms. The quantitative estimate of drug-likeness (QED) is 0.719. The fourth-order valence-corrected chi connectivity index (χ4v) is 5.14. The molecule has 0 aliphatic carbocycles. The predicted molar refractivity (Wildman–Crippen MR) is 124 cm³/mol. The minimum absolute atomic E-state index is 0.0175. The topological polar surface area (TPSA) is 55.9 Å². The van der Waals surface area contributed by atoms with Crippen molar-refractivity contribution >= 4 is 23.2 Å². The molecule has 1 aromatic carbocycles. The molecule has 4 rings (SSSR count). The molecule has 0 unspecified atom stereocenters. The summed E-state index contributed by atoms with van der Waals surface area (Å²) >= 11 is 1.70. The maximum atomic E-state index is 12.9. The van der Waals surface area contributed by atoms with Gasteiger partial charge in [0.2, 0.25) is 11.8 Å². The number of nitrogens with zero attached hydrogens (tertiary/aromatic N) is 3. The second kappa shape index (κ2) is 10.4. The first-order valence-electron chi connectivity index (χ1n) is 11.2. The molecule has 0 bridgehead atoms. The van der Waals surface area contributed by atoms with Crippen molar-refractivity contribution in [1.82, 2.24) is 20.0 Å². The van der Waals surface area contributed by atoms with Gasteiger partial charge in [-0.2, -0.15) is 0 Å². The summed E-state index contributed by atoms with van der Waals surface area (Å²) in [5.74, 6) is 0.356. The van der Waals surface area contributed by atoms with E-state index in [1.165, 1.54) is 16.0 Å². The third-order valence-corrected chi connectivity index (χ3v) is 7.18. The van der Waals surface area contributed by atoms with E-state index in [4.69, 9.17) is 0 Å². The van der Waals surface area contributed by atoms with Gasteiger partial charge >= 0.3 is 0 Å². The Morgan fingerprint density at radius 2 is 1.61 bits per heavy atom. The molecule has 0 saturated carbocycles. The highest BCUT2D eigenvalue weighted by molar-refractivity contribution is 7.10. The van der Waals surface area contributed by atoms with E-state index in [1.54, 1.807) is 11.3 Å². The highest BCUT2D eigenvalue weighted by Crippen LogP contribution is 2.26. The van der Waals surface area contributed by atoms with E-state index < -0.39 is 0 Å². The van der Waals surface area contributed by atoms with Crippen molar-refractivity contribution in [1.29, 1.82) is 0 Å². The van der Waals surface area contributed by atoms with E-state index in [0.717, 1.165) is 39.0 Å². The monoisotopic (exact) mass is 440 g/mol. The summed E-state index contributed by atoms with van der Waals surface area (Å²) in [6.07, 6.45) is 2.24. The van der Waals surface area contributed by atoms with Gasteiger partial charge in [0.15, 0.2) is 0 Å². The van der Waals surface area contributed by atoms with Crippen LogP contribution in [0.15, 0.2) is 41.8 Å². The van der Waals surface area contributed by atoms with Crippen molar-refractivity contribution in [3.63, 3.8) is 0 Å². The van der Waals surface area contributed by atoms with Crippen LogP contribution in [0.25, 0.3) is 0 Å². The molecule has 2 saturated heterocycles. The van der Waals surface area contributed by atoms with E-state index in [-0.39, 0.29) is 17.9 Å². The van der Waals surface area contributed by atoms with Crippen LogP contribution in [0, 0.1) is 6.92 Å². The maximum Gasteiger partial charge on any atom is 0.236 e. The van der Waals surface area contributed by atoms with Gasteiger partial charge in [-0.15, -0.1) is 11.3 Å². The number of rotatable bonds is 7. The summed E-state index contributed by atoms with van der Waals surface area (Å²) in [7, 11) is 0. The summed E-state index contributed by atoms with van der Waals surface area (Å²) in [5, 5.41) is 5.55. The molecular formula is C24H32N4O2S. The van der Waals surface area contributed by atoms with Gasteiger partial charge in [0.25, 0.3) is 0 Å². The van der Waals surface area contributed by atoms with Gasteiger partial charge in [0.05, 0.1) is 19.1 Å². The van der Waals surface area contributed by atoms with Crippen LogP contribution in [0.5, 0.6) is 0 Å². The van der Waals surface area contributed by atoms with E-state index in [2.05, 4.69) is 52.9 Å². The SMILES string of the molecule is Cc1ccc([C@@H](NCC(=O)N2CCN(CC(=O)N3CCCC3)CC2)c2cccs2)cc1. The number of nitrogens with one attached hydrogen (secondary N) is 1. The summed E-state index contributed by atoms with van der Waals surface area (Å²) < 4.78 is 0. The molecule has 6 nitrogen and oxygen atoms in total. The second-order valence-corrected chi connectivity index (χ2v) is 9.46. The first-order chi connectivity index (χ1) is 15.1. The average Bonchev–Trinajstić information content (AvgIpc) is 3.50. The Labute approximate surface area is 188 Å². The molecule has 2 fully saturated rings. The number of benzene rings is 1. The number of aryl methyl sites for hydroxylation is 1. The smallest absolute Gasteiger partial charge is 0.236 e. The number of piperazine rings is 1. The number of carbonyl (C=O) groups excluding carboxylic acids is 2. The lowest BCUT2D eigenvalue weighted by molar-refractivity contribution is -0.134. The van der Waals surface area contributed by atoms with Crippen LogP contribution in [-0.4, -0.2) is 78.9 Å². The molecule has 1 atom stereocenters. The largest absolute Gasteiger partial charge is 0.342 e. The minimum atomic E-state index is 0.0175. The molecule has 2 amide bonds. The Hall–Kier alpha value is -2.22. The lowest BCUT2D eigenvalue weighted by Crippen LogP contribution is -2.53. The molecule has 1 N–H and O–H groups in total. The molecule has 3 heterocycles. The Morgan fingerprint density at radius 1 is 0.935 bits per heavy atom. The number of hydrogen-bond donors (Lipinski definition) is 1.